The topological polar surface area (TPSA) is 28.4 Å². The molecule has 1 aliphatic carbocycles. The lowest BCUT2D eigenvalue weighted by Gasteiger charge is -2.15. The van der Waals surface area contributed by atoms with Crippen LogP contribution in [-0.4, -0.2) is 18.0 Å². The van der Waals surface area contributed by atoms with E-state index in [-0.39, 0.29) is 0 Å². The average molecular weight is 355 g/mol. The van der Waals surface area contributed by atoms with Crippen molar-refractivity contribution in [2.45, 2.75) is 38.5 Å². The highest BCUT2D eigenvalue weighted by molar-refractivity contribution is 9.10. The van der Waals surface area contributed by atoms with Gasteiger partial charge in [-0.3, -0.25) is 4.90 Å². The van der Waals surface area contributed by atoms with Gasteiger partial charge in [0.2, 0.25) is 0 Å². The van der Waals surface area contributed by atoms with Gasteiger partial charge >= 0.3 is 0 Å². The zero-order valence-electron chi connectivity index (χ0n) is 11.6. The number of halogens is 1. The van der Waals surface area contributed by atoms with E-state index in [0.29, 0.717) is 6.04 Å². The third-order valence-corrected chi connectivity index (χ3v) is 5.14. The van der Waals surface area contributed by atoms with Crippen LogP contribution in [0.15, 0.2) is 32.7 Å². The third kappa shape index (κ3) is 3.95. The van der Waals surface area contributed by atoms with Gasteiger partial charge in [-0.25, -0.2) is 0 Å². The van der Waals surface area contributed by atoms with Gasteiger partial charge in [0.15, 0.2) is 0 Å². The van der Waals surface area contributed by atoms with Crippen molar-refractivity contribution in [3.8, 4) is 0 Å². The molecule has 5 heteroatoms. The summed E-state index contributed by atoms with van der Waals surface area (Å²) >= 11 is 5.30. The summed E-state index contributed by atoms with van der Waals surface area (Å²) in [5.41, 5.74) is 1.29. The molecule has 3 rings (SSSR count). The van der Waals surface area contributed by atoms with Crippen molar-refractivity contribution < 1.29 is 4.42 Å². The van der Waals surface area contributed by atoms with E-state index in [4.69, 9.17) is 4.42 Å². The van der Waals surface area contributed by atoms with Crippen LogP contribution >= 0.6 is 27.3 Å². The van der Waals surface area contributed by atoms with Gasteiger partial charge in [-0.15, -0.1) is 11.3 Å². The average Bonchev–Trinajstić information content (AvgIpc) is 3.01. The molecule has 0 spiro atoms. The summed E-state index contributed by atoms with van der Waals surface area (Å²) in [6.45, 7) is 2.75. The van der Waals surface area contributed by atoms with E-state index in [9.17, 15) is 0 Å². The molecule has 2 aromatic heterocycles. The van der Waals surface area contributed by atoms with Gasteiger partial charge < -0.3 is 9.73 Å². The zero-order chi connectivity index (χ0) is 13.9. The molecule has 0 aliphatic heterocycles. The predicted octanol–water partition coefficient (Wildman–Crippen LogP) is 3.99. The molecule has 2 aromatic rings. The van der Waals surface area contributed by atoms with Gasteiger partial charge in [0.25, 0.3) is 0 Å². The fourth-order valence-electron chi connectivity index (χ4n) is 2.24. The Kier molecular flexibility index (Phi) is 4.61. The summed E-state index contributed by atoms with van der Waals surface area (Å²) in [5.74, 6) is 1.08. The Labute approximate surface area is 132 Å². The second-order valence-corrected chi connectivity index (χ2v) is 7.34. The van der Waals surface area contributed by atoms with Gasteiger partial charge in [-0.1, -0.05) is 0 Å². The number of nitrogens with zero attached hydrogens (tertiary/aromatic N) is 1. The summed E-state index contributed by atoms with van der Waals surface area (Å²) in [6.07, 6.45) is 4.42. The van der Waals surface area contributed by atoms with Crippen molar-refractivity contribution in [1.82, 2.24) is 10.2 Å². The van der Waals surface area contributed by atoms with Crippen molar-refractivity contribution in [3.63, 3.8) is 0 Å². The van der Waals surface area contributed by atoms with Crippen LogP contribution in [0.2, 0.25) is 0 Å². The number of hydrogen-bond acceptors (Lipinski definition) is 4. The summed E-state index contributed by atoms with van der Waals surface area (Å²) < 4.78 is 6.77. The van der Waals surface area contributed by atoms with E-state index in [1.165, 1.54) is 27.8 Å². The number of nitrogens with one attached hydrogen (secondary N) is 1. The summed E-state index contributed by atoms with van der Waals surface area (Å²) in [6, 6.07) is 4.99. The zero-order valence-corrected chi connectivity index (χ0v) is 14.0. The minimum atomic E-state index is 0.717. The molecule has 0 aromatic carbocycles. The van der Waals surface area contributed by atoms with E-state index in [0.717, 1.165) is 25.4 Å². The Morgan fingerprint density at radius 1 is 1.45 bits per heavy atom. The molecule has 0 atom stereocenters. The van der Waals surface area contributed by atoms with Crippen LogP contribution in [0.1, 0.15) is 29.0 Å². The van der Waals surface area contributed by atoms with Gasteiger partial charge in [0.1, 0.15) is 5.76 Å². The molecule has 20 heavy (non-hydrogen) atoms. The fourth-order valence-corrected chi connectivity index (χ4v) is 3.77. The van der Waals surface area contributed by atoms with Crippen LogP contribution in [0.4, 0.5) is 0 Å². The standard InChI is InChI=1S/C15H19BrN2OS/c1-18(9-14-6-12(16)10-20-14)8-11-4-5-19-15(11)7-17-13-2-3-13/h4-6,10,13,17H,2-3,7-9H2,1H3. The van der Waals surface area contributed by atoms with E-state index in [1.807, 2.05) is 0 Å². The fraction of sp³-hybridized carbons (Fsp3) is 0.467. The van der Waals surface area contributed by atoms with Crippen molar-refractivity contribution in [3.05, 3.63) is 44.4 Å². The van der Waals surface area contributed by atoms with E-state index in [1.54, 1.807) is 17.6 Å². The highest BCUT2D eigenvalue weighted by Gasteiger charge is 2.21. The highest BCUT2D eigenvalue weighted by Crippen LogP contribution is 2.23. The third-order valence-electron chi connectivity index (χ3n) is 3.45. The largest absolute Gasteiger partial charge is 0.468 e. The van der Waals surface area contributed by atoms with Crippen LogP contribution in [0.3, 0.4) is 0 Å². The molecule has 1 fully saturated rings. The lowest BCUT2D eigenvalue weighted by atomic mass is 10.2. The molecule has 1 aliphatic rings. The van der Waals surface area contributed by atoms with Crippen LogP contribution in [0.25, 0.3) is 0 Å². The Balaban J connectivity index is 1.54. The van der Waals surface area contributed by atoms with Gasteiger partial charge in [-0.05, 0) is 48.0 Å². The number of thiophene rings is 1. The second kappa shape index (κ2) is 6.43. The van der Waals surface area contributed by atoms with Crippen molar-refractivity contribution >= 4 is 27.3 Å². The summed E-state index contributed by atoms with van der Waals surface area (Å²) in [7, 11) is 2.15. The predicted molar refractivity (Wildman–Crippen MR) is 85.8 cm³/mol. The SMILES string of the molecule is CN(Cc1cc(Br)cs1)Cc1ccoc1CNC1CC1. The van der Waals surface area contributed by atoms with Gasteiger partial charge in [0.05, 0.1) is 12.8 Å². The molecule has 0 amide bonds. The molecular formula is C15H19BrN2OS. The van der Waals surface area contributed by atoms with E-state index >= 15 is 0 Å². The Hall–Kier alpha value is -0.620. The molecule has 108 valence electrons. The van der Waals surface area contributed by atoms with Crippen LogP contribution in [-0.2, 0) is 19.6 Å². The van der Waals surface area contributed by atoms with Gasteiger partial charge in [0, 0.05) is 39.4 Å². The number of hydrogen-bond donors (Lipinski definition) is 1. The van der Waals surface area contributed by atoms with Crippen molar-refractivity contribution in [2.75, 3.05) is 7.05 Å². The maximum atomic E-state index is 5.60. The minimum Gasteiger partial charge on any atom is -0.468 e. The molecule has 1 N–H and O–H groups in total. The smallest absolute Gasteiger partial charge is 0.122 e. The maximum Gasteiger partial charge on any atom is 0.122 e. The Bertz CT molecular complexity index is 562. The first-order valence-electron chi connectivity index (χ1n) is 6.91. The molecular weight excluding hydrogens is 336 g/mol. The van der Waals surface area contributed by atoms with Crippen LogP contribution < -0.4 is 5.32 Å². The second-order valence-electron chi connectivity index (χ2n) is 5.43. The number of furan rings is 1. The number of rotatable bonds is 7. The summed E-state index contributed by atoms with van der Waals surface area (Å²) in [5, 5.41) is 5.64. The van der Waals surface area contributed by atoms with Crippen molar-refractivity contribution in [1.29, 1.82) is 0 Å². The summed E-state index contributed by atoms with van der Waals surface area (Å²) in [4.78, 5) is 3.70. The molecule has 0 bridgehead atoms. The quantitative estimate of drug-likeness (QED) is 0.814. The van der Waals surface area contributed by atoms with E-state index < -0.39 is 0 Å². The monoisotopic (exact) mass is 354 g/mol. The normalized spacial score (nSPS) is 15.2. The molecule has 0 unspecified atom stereocenters. The van der Waals surface area contributed by atoms with E-state index in [2.05, 4.69) is 50.7 Å². The van der Waals surface area contributed by atoms with Gasteiger partial charge in [-0.2, -0.15) is 0 Å². The highest BCUT2D eigenvalue weighted by atomic mass is 79.9. The molecule has 0 radical (unpaired) electrons. The first-order valence-corrected chi connectivity index (χ1v) is 8.58. The first-order chi connectivity index (χ1) is 9.70. The van der Waals surface area contributed by atoms with Crippen LogP contribution in [0, 0.1) is 0 Å². The Morgan fingerprint density at radius 3 is 3.00 bits per heavy atom. The molecule has 0 saturated heterocycles. The first kappa shape index (κ1) is 14.3. The molecule has 3 nitrogen and oxygen atoms in total. The van der Waals surface area contributed by atoms with Crippen LogP contribution in [0.5, 0.6) is 0 Å². The maximum absolute atomic E-state index is 5.60. The lowest BCUT2D eigenvalue weighted by molar-refractivity contribution is 0.317. The Morgan fingerprint density at radius 2 is 2.30 bits per heavy atom. The minimum absolute atomic E-state index is 0.717. The molecule has 1 saturated carbocycles. The molecule has 2 heterocycles. The lowest BCUT2D eigenvalue weighted by Crippen LogP contribution is -2.19. The van der Waals surface area contributed by atoms with Crippen molar-refractivity contribution in [2.24, 2.45) is 0 Å².